The van der Waals surface area contributed by atoms with Gasteiger partial charge in [0.2, 0.25) is 5.91 Å². The van der Waals surface area contributed by atoms with Gasteiger partial charge in [-0.05, 0) is 37.8 Å². The SMILES string of the molecule is COC1(CC(=O)Nc2cccc(C)c2C(=O)O)CCC1. The summed E-state index contributed by atoms with van der Waals surface area (Å²) in [6.07, 6.45) is 3.06. The fourth-order valence-electron chi connectivity index (χ4n) is 2.57. The second-order valence-electron chi connectivity index (χ2n) is 5.27. The Hall–Kier alpha value is -1.88. The molecule has 0 bridgehead atoms. The van der Waals surface area contributed by atoms with Crippen molar-refractivity contribution in [2.45, 2.75) is 38.2 Å². The maximum Gasteiger partial charge on any atom is 0.338 e. The first-order valence-electron chi connectivity index (χ1n) is 6.65. The first kappa shape index (κ1) is 14.5. The maximum absolute atomic E-state index is 12.1. The number of carboxylic acids is 1. The predicted octanol–water partition coefficient (Wildman–Crippen LogP) is 2.59. The highest BCUT2D eigenvalue weighted by atomic mass is 16.5. The second kappa shape index (κ2) is 5.63. The highest BCUT2D eigenvalue weighted by Gasteiger charge is 2.39. The molecule has 20 heavy (non-hydrogen) atoms. The third-order valence-corrected chi connectivity index (χ3v) is 3.94. The second-order valence-corrected chi connectivity index (χ2v) is 5.27. The summed E-state index contributed by atoms with van der Waals surface area (Å²) in [5.74, 6) is -1.25. The topological polar surface area (TPSA) is 75.6 Å². The van der Waals surface area contributed by atoms with Gasteiger partial charge in [-0.1, -0.05) is 12.1 Å². The van der Waals surface area contributed by atoms with E-state index in [2.05, 4.69) is 5.32 Å². The fraction of sp³-hybridized carbons (Fsp3) is 0.467. The van der Waals surface area contributed by atoms with Crippen LogP contribution in [0.25, 0.3) is 0 Å². The van der Waals surface area contributed by atoms with Crippen LogP contribution in [0.5, 0.6) is 0 Å². The van der Waals surface area contributed by atoms with E-state index in [4.69, 9.17) is 4.74 Å². The lowest BCUT2D eigenvalue weighted by Crippen LogP contribution is -2.42. The lowest BCUT2D eigenvalue weighted by Gasteiger charge is -2.39. The summed E-state index contributed by atoms with van der Waals surface area (Å²) in [7, 11) is 1.61. The van der Waals surface area contributed by atoms with Crippen LogP contribution in [-0.4, -0.2) is 29.7 Å². The van der Waals surface area contributed by atoms with Gasteiger partial charge >= 0.3 is 5.97 Å². The molecule has 0 saturated heterocycles. The van der Waals surface area contributed by atoms with Crippen molar-refractivity contribution in [2.24, 2.45) is 0 Å². The van der Waals surface area contributed by atoms with E-state index in [0.29, 0.717) is 11.3 Å². The van der Waals surface area contributed by atoms with Gasteiger partial charge in [0.05, 0.1) is 23.3 Å². The normalized spacial score (nSPS) is 16.3. The Bertz CT molecular complexity index is 529. The number of carboxylic acid groups (broad SMARTS) is 1. The van der Waals surface area contributed by atoms with Gasteiger partial charge in [-0.15, -0.1) is 0 Å². The number of methoxy groups -OCH3 is 1. The van der Waals surface area contributed by atoms with Gasteiger partial charge in [-0.2, -0.15) is 0 Å². The van der Waals surface area contributed by atoms with Crippen molar-refractivity contribution in [2.75, 3.05) is 12.4 Å². The quantitative estimate of drug-likeness (QED) is 0.867. The van der Waals surface area contributed by atoms with Crippen molar-refractivity contribution >= 4 is 17.6 Å². The molecule has 1 aliphatic carbocycles. The fourth-order valence-corrected chi connectivity index (χ4v) is 2.57. The number of rotatable bonds is 5. The molecule has 5 heteroatoms. The van der Waals surface area contributed by atoms with Crippen LogP contribution in [0, 0.1) is 6.92 Å². The Kier molecular flexibility index (Phi) is 4.09. The van der Waals surface area contributed by atoms with Crippen molar-refractivity contribution in [3.05, 3.63) is 29.3 Å². The van der Waals surface area contributed by atoms with Crippen molar-refractivity contribution in [1.29, 1.82) is 0 Å². The van der Waals surface area contributed by atoms with Crippen LogP contribution in [-0.2, 0) is 9.53 Å². The number of hydrogen-bond acceptors (Lipinski definition) is 3. The highest BCUT2D eigenvalue weighted by Crippen LogP contribution is 2.38. The zero-order valence-corrected chi connectivity index (χ0v) is 11.7. The number of ether oxygens (including phenoxy) is 1. The van der Waals surface area contributed by atoms with Crippen LogP contribution in [0.2, 0.25) is 0 Å². The lowest BCUT2D eigenvalue weighted by atomic mass is 9.77. The number of hydrogen-bond donors (Lipinski definition) is 2. The summed E-state index contributed by atoms with van der Waals surface area (Å²) >= 11 is 0. The molecular weight excluding hydrogens is 258 g/mol. The van der Waals surface area contributed by atoms with Gasteiger partial charge in [0.1, 0.15) is 0 Å². The molecule has 1 saturated carbocycles. The van der Waals surface area contributed by atoms with Crippen LogP contribution >= 0.6 is 0 Å². The summed E-state index contributed by atoms with van der Waals surface area (Å²) < 4.78 is 5.41. The van der Waals surface area contributed by atoms with E-state index in [9.17, 15) is 14.7 Å². The van der Waals surface area contributed by atoms with E-state index in [1.54, 1.807) is 32.2 Å². The molecule has 1 aromatic carbocycles. The van der Waals surface area contributed by atoms with E-state index in [-0.39, 0.29) is 23.5 Å². The van der Waals surface area contributed by atoms with Crippen molar-refractivity contribution in [3.63, 3.8) is 0 Å². The molecule has 0 atom stereocenters. The number of carbonyl (C=O) groups excluding carboxylic acids is 1. The van der Waals surface area contributed by atoms with Gasteiger partial charge < -0.3 is 15.2 Å². The Balaban J connectivity index is 2.12. The monoisotopic (exact) mass is 277 g/mol. The van der Waals surface area contributed by atoms with Crippen LogP contribution < -0.4 is 5.32 Å². The standard InChI is InChI=1S/C15H19NO4/c1-10-5-3-6-11(13(10)14(18)19)16-12(17)9-15(20-2)7-4-8-15/h3,5-6H,4,7-9H2,1-2H3,(H,16,17)(H,18,19). The number of anilines is 1. The summed E-state index contributed by atoms with van der Waals surface area (Å²) in [5, 5.41) is 11.9. The molecule has 1 aromatic rings. The summed E-state index contributed by atoms with van der Waals surface area (Å²) in [6, 6.07) is 5.04. The van der Waals surface area contributed by atoms with E-state index in [1.807, 2.05) is 0 Å². The molecule has 108 valence electrons. The van der Waals surface area contributed by atoms with Gasteiger partial charge in [-0.3, -0.25) is 4.79 Å². The number of aryl methyl sites for hydroxylation is 1. The number of nitrogens with one attached hydrogen (secondary N) is 1. The number of benzene rings is 1. The van der Waals surface area contributed by atoms with Crippen LogP contribution in [0.15, 0.2) is 18.2 Å². The summed E-state index contributed by atoms with van der Waals surface area (Å²) in [4.78, 5) is 23.3. The molecule has 0 radical (unpaired) electrons. The zero-order valence-electron chi connectivity index (χ0n) is 11.7. The third kappa shape index (κ3) is 2.82. The molecule has 0 unspecified atom stereocenters. The number of aromatic carboxylic acids is 1. The van der Waals surface area contributed by atoms with Gasteiger partial charge in [0.25, 0.3) is 0 Å². The van der Waals surface area contributed by atoms with Crippen molar-refractivity contribution in [3.8, 4) is 0 Å². The molecule has 1 fully saturated rings. The molecule has 0 aliphatic heterocycles. The highest BCUT2D eigenvalue weighted by molar-refractivity contribution is 6.01. The first-order chi connectivity index (χ1) is 9.47. The van der Waals surface area contributed by atoms with Crippen LogP contribution in [0.4, 0.5) is 5.69 Å². The third-order valence-electron chi connectivity index (χ3n) is 3.94. The largest absolute Gasteiger partial charge is 0.478 e. The van der Waals surface area contributed by atoms with E-state index >= 15 is 0 Å². The van der Waals surface area contributed by atoms with Gasteiger partial charge in [0.15, 0.2) is 0 Å². The Morgan fingerprint density at radius 1 is 1.40 bits per heavy atom. The Morgan fingerprint density at radius 3 is 2.60 bits per heavy atom. The molecule has 1 amide bonds. The number of amides is 1. The molecule has 0 aromatic heterocycles. The van der Waals surface area contributed by atoms with Gasteiger partial charge in [0, 0.05) is 7.11 Å². The van der Waals surface area contributed by atoms with Crippen LogP contribution in [0.1, 0.15) is 41.6 Å². The Labute approximate surface area is 117 Å². The smallest absolute Gasteiger partial charge is 0.338 e. The maximum atomic E-state index is 12.1. The predicted molar refractivity (Wildman–Crippen MR) is 75.0 cm³/mol. The Morgan fingerprint density at radius 2 is 2.10 bits per heavy atom. The zero-order chi connectivity index (χ0) is 14.8. The minimum absolute atomic E-state index is 0.140. The molecule has 0 heterocycles. The molecule has 1 aliphatic rings. The van der Waals surface area contributed by atoms with Gasteiger partial charge in [-0.25, -0.2) is 4.79 Å². The first-order valence-corrected chi connectivity index (χ1v) is 6.65. The van der Waals surface area contributed by atoms with Crippen molar-refractivity contribution < 1.29 is 19.4 Å². The van der Waals surface area contributed by atoms with Crippen LogP contribution in [0.3, 0.4) is 0 Å². The average Bonchev–Trinajstić information content (AvgIpc) is 2.33. The molecule has 2 rings (SSSR count). The van der Waals surface area contributed by atoms with E-state index < -0.39 is 5.97 Å². The summed E-state index contributed by atoms with van der Waals surface area (Å²) in [6.45, 7) is 1.71. The molecule has 5 nitrogen and oxygen atoms in total. The van der Waals surface area contributed by atoms with E-state index in [1.165, 1.54) is 0 Å². The van der Waals surface area contributed by atoms with Crippen molar-refractivity contribution in [1.82, 2.24) is 0 Å². The minimum Gasteiger partial charge on any atom is -0.478 e. The number of carbonyl (C=O) groups is 2. The minimum atomic E-state index is -1.04. The summed E-state index contributed by atoms with van der Waals surface area (Å²) in [5.41, 5.74) is 0.742. The lowest BCUT2D eigenvalue weighted by molar-refractivity contribution is -0.129. The molecular formula is C15H19NO4. The average molecular weight is 277 g/mol. The molecule has 2 N–H and O–H groups in total. The van der Waals surface area contributed by atoms with E-state index in [0.717, 1.165) is 19.3 Å². The molecule has 0 spiro atoms.